The van der Waals surface area contributed by atoms with Gasteiger partial charge in [0, 0.05) is 24.9 Å². The van der Waals surface area contributed by atoms with Gasteiger partial charge in [-0.05, 0) is 26.0 Å². The summed E-state index contributed by atoms with van der Waals surface area (Å²) in [7, 11) is 0. The fourth-order valence-corrected chi connectivity index (χ4v) is 2.98. The molecule has 2 aromatic heterocycles. The fraction of sp³-hybridized carbons (Fsp3) is 0.471. The van der Waals surface area contributed by atoms with E-state index in [9.17, 15) is 14.0 Å². The number of halogens is 1. The van der Waals surface area contributed by atoms with E-state index in [1.165, 1.54) is 22.0 Å². The van der Waals surface area contributed by atoms with Gasteiger partial charge < -0.3 is 10.2 Å². The zero-order chi connectivity index (χ0) is 18.7. The van der Waals surface area contributed by atoms with Gasteiger partial charge in [0.25, 0.3) is 11.8 Å². The topological polar surface area (TPSA) is 93.0 Å². The van der Waals surface area contributed by atoms with Gasteiger partial charge in [-0.2, -0.15) is 0 Å². The van der Waals surface area contributed by atoms with Gasteiger partial charge in [0.05, 0.1) is 30.9 Å². The summed E-state index contributed by atoms with van der Waals surface area (Å²) in [4.78, 5) is 30.0. The van der Waals surface area contributed by atoms with Gasteiger partial charge in [-0.25, -0.2) is 9.07 Å². The minimum Gasteiger partial charge on any atom is -0.348 e. The molecule has 2 atom stereocenters. The molecule has 1 aliphatic heterocycles. The van der Waals surface area contributed by atoms with Crippen molar-refractivity contribution in [3.8, 4) is 0 Å². The van der Waals surface area contributed by atoms with E-state index in [1.54, 1.807) is 18.3 Å². The second-order valence-corrected chi connectivity index (χ2v) is 6.64. The first-order valence-corrected chi connectivity index (χ1v) is 8.50. The largest absolute Gasteiger partial charge is 0.348 e. The fourth-order valence-electron chi connectivity index (χ4n) is 2.98. The number of nitrogens with zero attached hydrogens (tertiary/aromatic N) is 5. The lowest BCUT2D eigenvalue weighted by Crippen LogP contribution is -2.38. The van der Waals surface area contributed by atoms with Crippen molar-refractivity contribution in [2.75, 3.05) is 6.54 Å². The van der Waals surface area contributed by atoms with Crippen LogP contribution in [0.2, 0.25) is 0 Å². The number of carbonyl (C=O) groups is 2. The lowest BCUT2D eigenvalue weighted by Gasteiger charge is -2.24. The van der Waals surface area contributed by atoms with Crippen LogP contribution < -0.4 is 5.32 Å². The first-order chi connectivity index (χ1) is 12.4. The van der Waals surface area contributed by atoms with Crippen LogP contribution in [-0.4, -0.2) is 61.5 Å². The number of hydrogen-bond donors (Lipinski definition) is 1. The molecular formula is C17H21FN6O2. The minimum absolute atomic E-state index is 0.0117. The Balaban J connectivity index is 1.71. The molecule has 1 fully saturated rings. The van der Waals surface area contributed by atoms with Crippen LogP contribution in [0.1, 0.15) is 41.1 Å². The number of pyridine rings is 1. The smallest absolute Gasteiger partial charge is 0.273 e. The third kappa shape index (κ3) is 4.04. The standard InChI is InChI=1S/C17H21FN6O2/c1-11(2)20-16(25)15-10-23(22-21-15)9-14-6-13(18)8-24(14)17(26)12-4-3-5-19-7-12/h3-5,7,10-11,13-14H,6,8-9H2,1-2H3,(H,20,25)/t13-,14-/m0/s1. The highest BCUT2D eigenvalue weighted by Gasteiger charge is 2.36. The molecule has 1 aliphatic rings. The molecule has 0 spiro atoms. The van der Waals surface area contributed by atoms with Gasteiger partial charge >= 0.3 is 0 Å². The number of amides is 2. The van der Waals surface area contributed by atoms with Crippen molar-refractivity contribution in [3.63, 3.8) is 0 Å². The molecule has 2 amide bonds. The van der Waals surface area contributed by atoms with E-state index in [0.717, 1.165) is 0 Å². The molecular weight excluding hydrogens is 339 g/mol. The van der Waals surface area contributed by atoms with Crippen LogP contribution in [0.5, 0.6) is 0 Å². The third-order valence-corrected chi connectivity index (χ3v) is 4.12. The summed E-state index contributed by atoms with van der Waals surface area (Å²) in [6, 6.07) is 2.95. The van der Waals surface area contributed by atoms with Crippen molar-refractivity contribution in [2.45, 2.75) is 45.1 Å². The maximum absolute atomic E-state index is 14.0. The van der Waals surface area contributed by atoms with E-state index >= 15 is 0 Å². The van der Waals surface area contributed by atoms with Crippen molar-refractivity contribution in [1.82, 2.24) is 30.2 Å². The Morgan fingerprint density at radius 2 is 2.23 bits per heavy atom. The number of alkyl halides is 1. The lowest BCUT2D eigenvalue weighted by molar-refractivity contribution is 0.0713. The maximum Gasteiger partial charge on any atom is 0.273 e. The normalized spacial score (nSPS) is 19.8. The highest BCUT2D eigenvalue weighted by Crippen LogP contribution is 2.23. The first kappa shape index (κ1) is 18.0. The number of hydrogen-bond acceptors (Lipinski definition) is 5. The van der Waals surface area contributed by atoms with Crippen LogP contribution in [0.4, 0.5) is 4.39 Å². The second-order valence-electron chi connectivity index (χ2n) is 6.64. The molecule has 0 bridgehead atoms. The summed E-state index contributed by atoms with van der Waals surface area (Å²) in [5.41, 5.74) is 0.612. The highest BCUT2D eigenvalue weighted by atomic mass is 19.1. The lowest BCUT2D eigenvalue weighted by atomic mass is 10.2. The molecule has 138 valence electrons. The molecule has 3 rings (SSSR count). The predicted octanol–water partition coefficient (Wildman–Crippen LogP) is 1.06. The van der Waals surface area contributed by atoms with Crippen molar-refractivity contribution in [3.05, 3.63) is 42.0 Å². The van der Waals surface area contributed by atoms with Crippen LogP contribution in [0.3, 0.4) is 0 Å². The van der Waals surface area contributed by atoms with E-state index in [1.807, 2.05) is 13.8 Å². The number of aromatic nitrogens is 4. The van der Waals surface area contributed by atoms with Crippen molar-refractivity contribution in [1.29, 1.82) is 0 Å². The Labute approximate surface area is 150 Å². The summed E-state index contributed by atoms with van der Waals surface area (Å²) < 4.78 is 15.4. The number of nitrogens with one attached hydrogen (secondary N) is 1. The van der Waals surface area contributed by atoms with Crippen molar-refractivity contribution >= 4 is 11.8 Å². The Hall–Kier alpha value is -2.84. The average Bonchev–Trinajstić information content (AvgIpc) is 3.21. The van der Waals surface area contributed by atoms with Gasteiger partial charge in [0.1, 0.15) is 6.17 Å². The van der Waals surface area contributed by atoms with Crippen LogP contribution in [0.15, 0.2) is 30.7 Å². The van der Waals surface area contributed by atoms with Gasteiger partial charge in [-0.15, -0.1) is 5.10 Å². The molecule has 1 N–H and O–H groups in total. The van der Waals surface area contributed by atoms with Gasteiger partial charge in [0.2, 0.25) is 0 Å². The van der Waals surface area contributed by atoms with E-state index < -0.39 is 6.17 Å². The van der Waals surface area contributed by atoms with E-state index in [2.05, 4.69) is 20.6 Å². The quantitative estimate of drug-likeness (QED) is 0.861. The molecule has 0 saturated carbocycles. The highest BCUT2D eigenvalue weighted by molar-refractivity contribution is 5.94. The van der Waals surface area contributed by atoms with E-state index in [0.29, 0.717) is 5.56 Å². The zero-order valence-electron chi connectivity index (χ0n) is 14.7. The Kier molecular flexibility index (Phi) is 5.24. The number of carbonyl (C=O) groups excluding carboxylic acids is 2. The Morgan fingerprint density at radius 1 is 1.42 bits per heavy atom. The number of rotatable bonds is 5. The molecule has 0 aromatic carbocycles. The molecule has 8 nitrogen and oxygen atoms in total. The Morgan fingerprint density at radius 3 is 2.92 bits per heavy atom. The molecule has 26 heavy (non-hydrogen) atoms. The van der Waals surface area contributed by atoms with Gasteiger partial charge in [-0.1, -0.05) is 5.21 Å². The van der Waals surface area contributed by atoms with Crippen LogP contribution >= 0.6 is 0 Å². The van der Waals surface area contributed by atoms with Crippen molar-refractivity contribution < 1.29 is 14.0 Å². The first-order valence-electron chi connectivity index (χ1n) is 8.50. The van der Waals surface area contributed by atoms with Crippen LogP contribution in [0.25, 0.3) is 0 Å². The second kappa shape index (κ2) is 7.59. The number of likely N-dealkylation sites (tertiary alicyclic amines) is 1. The molecule has 3 heterocycles. The van der Waals surface area contributed by atoms with Gasteiger partial charge in [-0.3, -0.25) is 14.6 Å². The molecule has 0 unspecified atom stereocenters. The molecule has 2 aromatic rings. The van der Waals surface area contributed by atoms with Crippen LogP contribution in [-0.2, 0) is 6.54 Å². The average molecular weight is 360 g/mol. The third-order valence-electron chi connectivity index (χ3n) is 4.12. The molecule has 0 aliphatic carbocycles. The van der Waals surface area contributed by atoms with E-state index in [4.69, 9.17) is 0 Å². The summed E-state index contributed by atoms with van der Waals surface area (Å²) >= 11 is 0. The molecule has 1 saturated heterocycles. The van der Waals surface area contributed by atoms with Crippen LogP contribution in [0, 0.1) is 0 Å². The molecule has 9 heteroatoms. The summed E-state index contributed by atoms with van der Waals surface area (Å²) in [5.74, 6) is -0.578. The predicted molar refractivity (Wildman–Crippen MR) is 91.2 cm³/mol. The monoisotopic (exact) mass is 360 g/mol. The summed E-state index contributed by atoms with van der Waals surface area (Å²) in [6.45, 7) is 4.01. The summed E-state index contributed by atoms with van der Waals surface area (Å²) in [6.07, 6.45) is 3.69. The summed E-state index contributed by atoms with van der Waals surface area (Å²) in [5, 5.41) is 10.5. The molecule has 0 radical (unpaired) electrons. The SMILES string of the molecule is CC(C)NC(=O)c1cn(C[C@@H]2C[C@H](F)CN2C(=O)c2cccnc2)nn1. The van der Waals surface area contributed by atoms with Crippen molar-refractivity contribution in [2.24, 2.45) is 0 Å². The maximum atomic E-state index is 14.0. The Bertz CT molecular complexity index is 779. The van der Waals surface area contributed by atoms with E-state index in [-0.39, 0.29) is 49.1 Å². The van der Waals surface area contributed by atoms with Gasteiger partial charge in [0.15, 0.2) is 5.69 Å². The zero-order valence-corrected chi connectivity index (χ0v) is 14.7. The minimum atomic E-state index is -1.09.